The van der Waals surface area contributed by atoms with Gasteiger partial charge in [0, 0.05) is 159 Å². The van der Waals surface area contributed by atoms with Crippen LogP contribution in [0, 0.1) is 13.8 Å². The average Bonchev–Trinajstić information content (AvgIpc) is 0.762. The zero-order valence-electron chi connectivity index (χ0n) is 85.4. The van der Waals surface area contributed by atoms with Crippen molar-refractivity contribution in [3.63, 3.8) is 0 Å². The fraction of sp³-hybridized carbons (Fsp3) is 0.292. The van der Waals surface area contributed by atoms with Crippen molar-refractivity contribution in [2.45, 2.75) is 179 Å². The van der Waals surface area contributed by atoms with Gasteiger partial charge in [-0.05, 0) is 348 Å². The van der Waals surface area contributed by atoms with Crippen molar-refractivity contribution in [2.75, 3.05) is 81.6 Å². The van der Waals surface area contributed by atoms with Gasteiger partial charge in [0.15, 0.2) is 28.9 Å². The molecule has 0 fully saturated rings. The molecule has 0 amide bonds. The molecule has 0 atom stereocenters. The number of hydrogen-bond acceptors (Lipinski definition) is 20. The third-order valence-corrected chi connectivity index (χ3v) is 22.4. The Balaban J connectivity index is 0.000000269. The van der Waals surface area contributed by atoms with Crippen molar-refractivity contribution >= 4 is 87.7 Å². The smallest absolute Gasteiger partial charge is 0.185 e. The quantitative estimate of drug-likeness (QED) is 0.00964. The first-order valence-electron chi connectivity index (χ1n) is 47.8. The van der Waals surface area contributed by atoms with Crippen LogP contribution in [0.1, 0.15) is 239 Å². The Bertz CT molecular complexity index is 6030. The number of anilines is 5. The van der Waals surface area contributed by atoms with Crippen LogP contribution in [0.4, 0.5) is 28.4 Å². The number of benzene rings is 10. The van der Waals surface area contributed by atoms with E-state index in [2.05, 4.69) is 46.3 Å². The number of hydrogen-bond donors (Lipinski definition) is 10. The molecular weight excluding hydrogens is 1750 g/mol. The minimum atomic E-state index is -0.414. The standard InChI is InChI=1S/C27H33NO3.C25H29NO3.C24H29NO3.C23H29NO3.C21H25NO3/c1-5-8-10-21-19-22(14-17-25(29)20-12-15-23(28-4)16-13-20)27(31-18-7-3)24(26(21)30)11-9-6-2;1-5-8-19-17-20(25(29-16-7-3)22(9-6-2)24(19)28)12-15-23(27)18-10-13-21(26-4)14-11-18;1-6-14-28-23-16-22(27)20(24(3,4)7-2)15-18(23)10-13-21(26)17-8-11-19(25-5)12-9-17;1-6-16-14-18(23(27-15(3)4)20(7-2)22(16)26)10-13-21(25)17-8-11-19(24-5)12-9-17;1-13(2)25-21-15(4)20(24)14(3)12-17(21)8-11-19(23)16-6-9-18(22-5)10-7-16/h5-6,8-9,12-17,19,28,30H,7,10-11,18H2,1-4H3;5-6,10-15,17,26,28H,1-2,7-9,16H2,3-4H3;7-13,15-16,25,27H,2,6,14H2,1,3-5H3;8-15,24,26H,6-7H2,1-5H3;6-13,22,24H,1-5H3. The summed E-state index contributed by atoms with van der Waals surface area (Å²) in [6.07, 6.45) is 35.7. The zero-order valence-corrected chi connectivity index (χ0v) is 85.4. The second kappa shape index (κ2) is 58.5. The Morgan fingerprint density at radius 3 is 1.03 bits per heavy atom. The van der Waals surface area contributed by atoms with E-state index >= 15 is 0 Å². The highest BCUT2D eigenvalue weighted by Gasteiger charge is 2.25. The molecule has 10 N–H and O–H groups in total. The first kappa shape index (κ1) is 114. The topological polar surface area (TPSA) is 293 Å². The van der Waals surface area contributed by atoms with Crippen LogP contribution >= 0.6 is 0 Å². The maximum absolute atomic E-state index is 12.7. The fourth-order valence-electron chi connectivity index (χ4n) is 14.5. The third kappa shape index (κ3) is 33.7. The average molecular weight is 1900 g/mol. The monoisotopic (exact) mass is 1900 g/mol. The molecule has 740 valence electrons. The molecule has 140 heavy (non-hydrogen) atoms. The number of aryl methyl sites for hydroxylation is 2. The van der Waals surface area contributed by atoms with E-state index in [4.69, 9.17) is 23.7 Å². The van der Waals surface area contributed by atoms with E-state index in [0.717, 1.165) is 114 Å². The highest BCUT2D eigenvalue weighted by molar-refractivity contribution is 6.10. The van der Waals surface area contributed by atoms with Crippen LogP contribution in [-0.4, -0.2) is 122 Å². The molecule has 0 aliphatic heterocycles. The van der Waals surface area contributed by atoms with E-state index in [1.807, 2.05) is 254 Å². The number of phenols is 5. The maximum Gasteiger partial charge on any atom is 0.185 e. The lowest BCUT2D eigenvalue weighted by Gasteiger charge is -2.23. The fourth-order valence-corrected chi connectivity index (χ4v) is 14.5. The van der Waals surface area contributed by atoms with Crippen molar-refractivity contribution in [2.24, 2.45) is 0 Å². The molecule has 0 aromatic heterocycles. The highest BCUT2D eigenvalue weighted by Crippen LogP contribution is 2.43. The molecule has 0 saturated heterocycles. The van der Waals surface area contributed by atoms with Gasteiger partial charge in [-0.3, -0.25) is 24.0 Å². The van der Waals surface area contributed by atoms with Gasteiger partial charge < -0.3 is 75.8 Å². The van der Waals surface area contributed by atoms with E-state index in [1.54, 1.807) is 127 Å². The Kier molecular flexibility index (Phi) is 47.5. The highest BCUT2D eigenvalue weighted by atomic mass is 16.5. The number of phenolic OH excluding ortho intramolecular Hbond substituents is 5. The third-order valence-electron chi connectivity index (χ3n) is 22.4. The Hall–Kier alpha value is -15.1. The van der Waals surface area contributed by atoms with Crippen molar-refractivity contribution in [1.82, 2.24) is 0 Å². The molecule has 0 aliphatic rings. The minimum Gasteiger partial charge on any atom is -0.507 e. The summed E-state index contributed by atoms with van der Waals surface area (Å²) in [5.74, 6) is 3.73. The van der Waals surface area contributed by atoms with Gasteiger partial charge in [0.1, 0.15) is 57.5 Å². The Morgan fingerprint density at radius 1 is 0.371 bits per heavy atom. The van der Waals surface area contributed by atoms with Gasteiger partial charge in [0.05, 0.1) is 32.0 Å². The molecule has 20 nitrogen and oxygen atoms in total. The van der Waals surface area contributed by atoms with Gasteiger partial charge in [-0.1, -0.05) is 91.0 Å². The Morgan fingerprint density at radius 2 is 0.693 bits per heavy atom. The molecule has 0 bridgehead atoms. The van der Waals surface area contributed by atoms with Gasteiger partial charge in [-0.25, -0.2) is 0 Å². The summed E-state index contributed by atoms with van der Waals surface area (Å²) >= 11 is 0. The largest absolute Gasteiger partial charge is 0.507 e. The number of allylic oxidation sites excluding steroid dienone is 12. The van der Waals surface area contributed by atoms with Crippen molar-refractivity contribution in [3.8, 4) is 57.5 Å². The Labute approximate surface area is 830 Å². The molecule has 10 aromatic rings. The molecule has 0 aliphatic carbocycles. The number of rotatable bonds is 45. The molecular formula is C120H145N5O15. The van der Waals surface area contributed by atoms with Crippen LogP contribution in [0.15, 0.2) is 250 Å². The zero-order chi connectivity index (χ0) is 103. The van der Waals surface area contributed by atoms with E-state index in [-0.39, 0.29) is 64.1 Å². The molecule has 0 saturated carbocycles. The number of aromatic hydroxyl groups is 5. The summed E-state index contributed by atoms with van der Waals surface area (Å²) in [6, 6.07) is 47.6. The second-order valence-electron chi connectivity index (χ2n) is 34.0. The van der Waals surface area contributed by atoms with Crippen LogP contribution in [-0.2, 0) is 43.9 Å². The summed E-state index contributed by atoms with van der Waals surface area (Å²) in [6.45, 7) is 42.3. The summed E-state index contributed by atoms with van der Waals surface area (Å²) in [4.78, 5) is 62.8. The van der Waals surface area contributed by atoms with E-state index in [1.165, 1.54) is 18.2 Å². The normalized spacial score (nSPS) is 11.2. The van der Waals surface area contributed by atoms with Crippen LogP contribution in [0.2, 0.25) is 0 Å². The summed E-state index contributed by atoms with van der Waals surface area (Å²) < 4.78 is 29.6. The molecule has 0 radical (unpaired) electrons. The van der Waals surface area contributed by atoms with Crippen molar-refractivity contribution in [1.29, 1.82) is 0 Å². The van der Waals surface area contributed by atoms with E-state index < -0.39 is 5.41 Å². The lowest BCUT2D eigenvalue weighted by Crippen LogP contribution is -2.13. The minimum absolute atomic E-state index is 0.0286. The summed E-state index contributed by atoms with van der Waals surface area (Å²) in [7, 11) is 9.19. The molecule has 20 heteroatoms. The summed E-state index contributed by atoms with van der Waals surface area (Å²) in [5.41, 5.74) is 18.1. The molecule has 0 unspecified atom stereocenters. The van der Waals surface area contributed by atoms with Crippen LogP contribution in [0.3, 0.4) is 0 Å². The van der Waals surface area contributed by atoms with Gasteiger partial charge in [-0.15, -0.1) is 19.7 Å². The number of ether oxygens (including phenoxy) is 5. The van der Waals surface area contributed by atoms with Gasteiger partial charge in [-0.2, -0.15) is 0 Å². The predicted octanol–water partition coefficient (Wildman–Crippen LogP) is 27.5. The summed E-state index contributed by atoms with van der Waals surface area (Å²) in [5, 5.41) is 67.9. The van der Waals surface area contributed by atoms with Crippen LogP contribution in [0.25, 0.3) is 30.4 Å². The maximum atomic E-state index is 12.7. The SMILES string of the molecule is C=CC(C)(C)c1cc(C=CC(=O)c2ccc(NC)cc2)c(OCCC)cc1O.C=CCc1cc(C=CC(=O)c2ccc(NC)cc2)c(OCCC)c(CC=C)c1O.CC=CCc1cc(C=CC(=O)c2ccc(NC)cc2)c(OCCC)c(CC=CC)c1O.CCc1cc(C=CC(=O)c2ccc(NC)cc2)c(OC(C)C)c(CC)c1O.CNc1ccc(C(=O)C=Cc2cc(C)c(O)c(C)c2OC(C)C)cc1. The number of nitrogens with one attached hydrogen (secondary N) is 5. The van der Waals surface area contributed by atoms with Crippen LogP contribution in [0.5, 0.6) is 57.5 Å². The molecule has 0 spiro atoms. The lowest BCUT2D eigenvalue weighted by molar-refractivity contribution is 0.103. The number of ketones is 5. The van der Waals surface area contributed by atoms with Crippen LogP contribution < -0.4 is 50.3 Å². The second-order valence-corrected chi connectivity index (χ2v) is 34.0. The van der Waals surface area contributed by atoms with Crippen molar-refractivity contribution < 1.29 is 73.2 Å². The first-order valence-corrected chi connectivity index (χ1v) is 47.8. The first-order chi connectivity index (χ1) is 67.1. The van der Waals surface area contributed by atoms with Gasteiger partial charge in [0.25, 0.3) is 0 Å². The van der Waals surface area contributed by atoms with E-state index in [0.29, 0.717) is 132 Å². The van der Waals surface area contributed by atoms with E-state index in [9.17, 15) is 49.5 Å². The lowest BCUT2D eigenvalue weighted by atomic mass is 9.83. The van der Waals surface area contributed by atoms with Gasteiger partial charge in [0.2, 0.25) is 0 Å². The molecule has 10 aromatic carbocycles. The van der Waals surface area contributed by atoms with Crippen molar-refractivity contribution in [3.05, 3.63) is 356 Å². The number of carbonyl (C=O) groups is 5. The number of carbonyl (C=O) groups excluding carboxylic acids is 5. The molecule has 10 rings (SSSR count). The predicted molar refractivity (Wildman–Crippen MR) is 582 cm³/mol. The van der Waals surface area contributed by atoms with Gasteiger partial charge >= 0.3 is 0 Å². The molecule has 0 heterocycles.